The summed E-state index contributed by atoms with van der Waals surface area (Å²) in [5.74, 6) is -0.894. The summed E-state index contributed by atoms with van der Waals surface area (Å²) in [7, 11) is -4.22. The molecule has 0 unspecified atom stereocenters. The monoisotopic (exact) mass is 665 g/mol. The molecule has 0 saturated carbocycles. The molecule has 1 N–H and O–H groups in total. The highest BCUT2D eigenvalue weighted by molar-refractivity contribution is 7.92. The maximum atomic E-state index is 14.6. The molecule has 45 heavy (non-hydrogen) atoms. The molecule has 10 heteroatoms. The quantitative estimate of drug-likeness (QED) is 0.166. The number of nitrogens with one attached hydrogen (secondary N) is 1. The van der Waals surface area contributed by atoms with Crippen LogP contribution in [0.5, 0.6) is 0 Å². The van der Waals surface area contributed by atoms with Crippen molar-refractivity contribution in [1.82, 2.24) is 10.2 Å². The van der Waals surface area contributed by atoms with Gasteiger partial charge in [0.15, 0.2) is 0 Å². The van der Waals surface area contributed by atoms with E-state index in [1.165, 1.54) is 17.0 Å². The molecule has 7 nitrogen and oxygen atoms in total. The third-order valence-electron chi connectivity index (χ3n) is 7.63. The highest BCUT2D eigenvalue weighted by Crippen LogP contribution is 2.31. The Kier molecular flexibility index (Phi) is 11.7. The third kappa shape index (κ3) is 8.66. The zero-order valence-corrected chi connectivity index (χ0v) is 27.8. The van der Waals surface area contributed by atoms with Crippen LogP contribution in [-0.4, -0.2) is 43.8 Å². The average molecular weight is 667 g/mol. The molecular weight excluding hydrogens is 629 g/mol. The van der Waals surface area contributed by atoms with Crippen molar-refractivity contribution >= 4 is 50.7 Å². The highest BCUT2D eigenvalue weighted by Gasteiger charge is 2.35. The van der Waals surface area contributed by atoms with E-state index in [0.29, 0.717) is 27.6 Å². The number of carbonyl (C=O) groups excluding carboxylic acids is 2. The number of carbonyl (C=O) groups is 2. The topological polar surface area (TPSA) is 86.8 Å². The number of halogens is 2. The van der Waals surface area contributed by atoms with Gasteiger partial charge in [-0.2, -0.15) is 0 Å². The molecule has 2 amide bonds. The van der Waals surface area contributed by atoms with Gasteiger partial charge in [-0.05, 0) is 73.4 Å². The first kappa shape index (κ1) is 34.0. The zero-order chi connectivity index (χ0) is 32.6. The molecule has 4 aromatic rings. The lowest BCUT2D eigenvalue weighted by Gasteiger charge is -2.34. The molecule has 4 rings (SSSR count). The van der Waals surface area contributed by atoms with E-state index in [1.54, 1.807) is 61.5 Å². The van der Waals surface area contributed by atoms with Gasteiger partial charge in [0.1, 0.15) is 12.6 Å². The van der Waals surface area contributed by atoms with Crippen molar-refractivity contribution in [1.29, 1.82) is 0 Å². The third-order valence-corrected chi connectivity index (χ3v) is 10.1. The van der Waals surface area contributed by atoms with Gasteiger partial charge in [-0.1, -0.05) is 96.9 Å². The Labute approximate surface area is 275 Å². The average Bonchev–Trinajstić information content (AvgIpc) is 3.03. The van der Waals surface area contributed by atoms with Crippen molar-refractivity contribution < 1.29 is 18.0 Å². The minimum absolute atomic E-state index is 0.0221. The number of nitrogens with zero attached hydrogens (tertiary/aromatic N) is 2. The van der Waals surface area contributed by atoms with Crippen LogP contribution in [0.3, 0.4) is 0 Å². The van der Waals surface area contributed by atoms with Crippen LogP contribution in [0.4, 0.5) is 5.69 Å². The lowest BCUT2D eigenvalue weighted by atomic mass is 10.0. The van der Waals surface area contributed by atoms with Gasteiger partial charge in [0.05, 0.1) is 10.6 Å². The lowest BCUT2D eigenvalue weighted by Crippen LogP contribution is -2.54. The van der Waals surface area contributed by atoms with E-state index in [2.05, 4.69) is 5.32 Å². The molecule has 0 bridgehead atoms. The van der Waals surface area contributed by atoms with E-state index in [9.17, 15) is 18.0 Å². The summed E-state index contributed by atoms with van der Waals surface area (Å²) in [6, 6.07) is 28.2. The Morgan fingerprint density at radius 3 is 2.11 bits per heavy atom. The first-order chi connectivity index (χ1) is 21.5. The molecule has 0 radical (unpaired) electrons. The number of amides is 2. The van der Waals surface area contributed by atoms with Crippen LogP contribution < -0.4 is 9.62 Å². The van der Waals surface area contributed by atoms with Crippen LogP contribution in [0.1, 0.15) is 37.0 Å². The first-order valence-corrected chi connectivity index (χ1v) is 16.9. The Bertz CT molecular complexity index is 1720. The van der Waals surface area contributed by atoms with Crippen LogP contribution in [0.2, 0.25) is 10.0 Å². The Hall–Kier alpha value is -3.85. The number of rotatable bonds is 13. The van der Waals surface area contributed by atoms with Crippen molar-refractivity contribution in [2.75, 3.05) is 10.8 Å². The molecule has 0 saturated heterocycles. The van der Waals surface area contributed by atoms with Crippen molar-refractivity contribution in [3.63, 3.8) is 0 Å². The maximum absolute atomic E-state index is 14.6. The van der Waals surface area contributed by atoms with Crippen molar-refractivity contribution in [3.05, 3.63) is 130 Å². The van der Waals surface area contributed by atoms with E-state index in [1.807, 2.05) is 50.2 Å². The number of hydrogen-bond donors (Lipinski definition) is 1. The molecule has 236 valence electrons. The summed E-state index contributed by atoms with van der Waals surface area (Å²) in [5.41, 5.74) is 2.32. The summed E-state index contributed by atoms with van der Waals surface area (Å²) in [6.45, 7) is 5.03. The van der Waals surface area contributed by atoms with Gasteiger partial charge in [-0.3, -0.25) is 13.9 Å². The van der Waals surface area contributed by atoms with Gasteiger partial charge in [-0.15, -0.1) is 0 Å². The van der Waals surface area contributed by atoms with Crippen LogP contribution in [0.15, 0.2) is 108 Å². The van der Waals surface area contributed by atoms with E-state index in [4.69, 9.17) is 23.2 Å². The van der Waals surface area contributed by atoms with Gasteiger partial charge >= 0.3 is 0 Å². The highest BCUT2D eigenvalue weighted by atomic mass is 35.5. The summed E-state index contributed by atoms with van der Waals surface area (Å²) < 4.78 is 29.4. The summed E-state index contributed by atoms with van der Waals surface area (Å²) in [6.07, 6.45) is 0.917. The molecular formula is C35H37Cl2N3O4S. The Morgan fingerprint density at radius 1 is 0.844 bits per heavy atom. The minimum atomic E-state index is -4.22. The van der Waals surface area contributed by atoms with Crippen molar-refractivity contribution in [2.45, 2.75) is 57.1 Å². The predicted octanol–water partition coefficient (Wildman–Crippen LogP) is 7.05. The van der Waals surface area contributed by atoms with Gasteiger partial charge in [0, 0.05) is 29.1 Å². The summed E-state index contributed by atoms with van der Waals surface area (Å²) in [4.78, 5) is 29.9. The van der Waals surface area contributed by atoms with Gasteiger partial charge in [0.2, 0.25) is 11.8 Å². The second kappa shape index (κ2) is 15.4. The second-order valence-electron chi connectivity index (χ2n) is 10.9. The fourth-order valence-corrected chi connectivity index (χ4v) is 6.80. The van der Waals surface area contributed by atoms with E-state index < -0.39 is 28.5 Å². The van der Waals surface area contributed by atoms with Crippen molar-refractivity contribution in [2.24, 2.45) is 0 Å². The predicted molar refractivity (Wildman–Crippen MR) is 181 cm³/mol. The minimum Gasteiger partial charge on any atom is -0.352 e. The fraction of sp³-hybridized carbons (Fsp3) is 0.257. The number of benzene rings is 4. The molecule has 0 aliphatic carbocycles. The fourth-order valence-electron chi connectivity index (χ4n) is 4.93. The zero-order valence-electron chi connectivity index (χ0n) is 25.5. The lowest BCUT2D eigenvalue weighted by molar-refractivity contribution is -0.140. The van der Waals surface area contributed by atoms with Gasteiger partial charge in [-0.25, -0.2) is 8.42 Å². The van der Waals surface area contributed by atoms with Gasteiger partial charge in [0.25, 0.3) is 10.0 Å². The molecule has 0 heterocycles. The van der Waals surface area contributed by atoms with E-state index in [0.717, 1.165) is 9.87 Å². The van der Waals surface area contributed by atoms with E-state index >= 15 is 0 Å². The maximum Gasteiger partial charge on any atom is 0.264 e. The SMILES string of the molecule is CC[C@@H](C)NC(=O)[C@H](Cc1ccccc1)N(Cc1cccc(Cl)c1)C(=O)CN(c1cccc(Cl)c1C)S(=O)(=O)c1ccccc1. The first-order valence-electron chi connectivity index (χ1n) is 14.7. The second-order valence-corrected chi connectivity index (χ2v) is 13.6. The van der Waals surface area contributed by atoms with Crippen LogP contribution in [0, 0.1) is 6.92 Å². The molecule has 0 aliphatic heterocycles. The largest absolute Gasteiger partial charge is 0.352 e. The smallest absolute Gasteiger partial charge is 0.264 e. The summed E-state index contributed by atoms with van der Waals surface area (Å²) in [5, 5.41) is 3.87. The van der Waals surface area contributed by atoms with Crippen molar-refractivity contribution in [3.8, 4) is 0 Å². The number of anilines is 1. The number of hydrogen-bond acceptors (Lipinski definition) is 4. The normalized spacial score (nSPS) is 12.6. The molecule has 0 aliphatic rings. The molecule has 0 aromatic heterocycles. The Morgan fingerprint density at radius 2 is 1.47 bits per heavy atom. The molecule has 0 spiro atoms. The van der Waals surface area contributed by atoms with Crippen LogP contribution >= 0.6 is 23.2 Å². The summed E-state index contributed by atoms with van der Waals surface area (Å²) >= 11 is 12.7. The molecule has 0 fully saturated rings. The van der Waals surface area contributed by atoms with Crippen LogP contribution in [-0.2, 0) is 32.6 Å². The Balaban J connectivity index is 1.83. The van der Waals surface area contributed by atoms with Crippen LogP contribution in [0.25, 0.3) is 0 Å². The van der Waals surface area contributed by atoms with Gasteiger partial charge < -0.3 is 10.2 Å². The van der Waals surface area contributed by atoms with E-state index in [-0.39, 0.29) is 35.5 Å². The molecule has 2 atom stereocenters. The molecule has 4 aromatic carbocycles. The standard InChI is InChI=1S/C35H37Cl2N3O4S/c1-4-25(2)38-35(42)33(22-27-13-7-5-8-14-27)39(23-28-15-11-16-29(36)21-28)34(41)24-40(32-20-12-19-31(37)26(32)3)45(43,44)30-17-9-6-10-18-30/h5-21,25,33H,4,22-24H2,1-3H3,(H,38,42)/t25-,33+/m1/s1. The number of sulfonamides is 1.